The first kappa shape index (κ1) is 21.7. The molecule has 1 aliphatic rings. The van der Waals surface area contributed by atoms with Crippen molar-refractivity contribution in [2.24, 2.45) is 0 Å². The first-order valence-corrected chi connectivity index (χ1v) is 11.0. The Bertz CT molecular complexity index is 1340. The largest absolute Gasteiger partial charge is 0.497 e. The fraction of sp³-hybridized carbons (Fsp3) is 0.115. The molecule has 2 N–H and O–H groups in total. The molecule has 2 aromatic heterocycles. The Kier molecular flexibility index (Phi) is 5.73. The number of carboxylic acid groups (broad SMARTS) is 1. The van der Waals surface area contributed by atoms with Crippen molar-refractivity contribution in [3.8, 4) is 17.1 Å². The molecule has 0 amide bonds. The summed E-state index contributed by atoms with van der Waals surface area (Å²) in [6.45, 7) is 0. The predicted octanol–water partition coefficient (Wildman–Crippen LogP) is 5.23. The lowest BCUT2D eigenvalue weighted by Gasteiger charge is -2.26. The highest BCUT2D eigenvalue weighted by Crippen LogP contribution is 2.43. The molecule has 5 rings (SSSR count). The van der Waals surface area contributed by atoms with Crippen LogP contribution in [-0.2, 0) is 0 Å². The first-order chi connectivity index (χ1) is 16.5. The molecule has 2 atom stereocenters. The first-order valence-electron chi connectivity index (χ1n) is 10.6. The second-order valence-corrected chi connectivity index (χ2v) is 8.17. The minimum absolute atomic E-state index is 0.222. The van der Waals surface area contributed by atoms with E-state index in [1.165, 1.54) is 0 Å². The van der Waals surface area contributed by atoms with Crippen LogP contribution in [0, 0.1) is 0 Å². The lowest BCUT2D eigenvalue weighted by Crippen LogP contribution is -2.29. The molecule has 2 unspecified atom stereocenters. The Morgan fingerprint density at radius 3 is 2.62 bits per heavy atom. The van der Waals surface area contributed by atoms with Crippen molar-refractivity contribution in [2.45, 2.75) is 12.1 Å². The monoisotopic (exact) mass is 471 g/mol. The molecule has 1 aliphatic heterocycles. The van der Waals surface area contributed by atoms with Gasteiger partial charge >= 0.3 is 5.97 Å². The number of hydrogen-bond donors (Lipinski definition) is 2. The molecule has 0 bridgehead atoms. The number of carboxylic acids is 1. The number of carbonyl (C=O) groups is 1. The van der Waals surface area contributed by atoms with Crippen LogP contribution < -0.4 is 15.0 Å². The Balaban J connectivity index is 1.57. The van der Waals surface area contributed by atoms with E-state index >= 15 is 0 Å². The van der Waals surface area contributed by atoms with Gasteiger partial charge in [0, 0.05) is 23.5 Å². The summed E-state index contributed by atoms with van der Waals surface area (Å²) in [6, 6.07) is 23.3. The van der Waals surface area contributed by atoms with Gasteiger partial charge in [-0.05, 0) is 60.7 Å². The van der Waals surface area contributed by atoms with Gasteiger partial charge in [-0.1, -0.05) is 24.3 Å². The highest BCUT2D eigenvalue weighted by molar-refractivity contribution is 7.80. The van der Waals surface area contributed by atoms with Crippen molar-refractivity contribution < 1.29 is 19.1 Å². The summed E-state index contributed by atoms with van der Waals surface area (Å²) in [5, 5.41) is 13.1. The van der Waals surface area contributed by atoms with E-state index < -0.39 is 5.97 Å². The zero-order valence-electron chi connectivity index (χ0n) is 18.2. The number of thiocarbonyl (C=S) groups is 1. The maximum atomic E-state index is 11.2. The van der Waals surface area contributed by atoms with E-state index in [0.29, 0.717) is 16.6 Å². The molecule has 3 heterocycles. The molecule has 7 nitrogen and oxygen atoms in total. The Morgan fingerprint density at radius 2 is 1.91 bits per heavy atom. The SMILES string of the molecule is COc1cccc(N2C(=S)NC(c3ccccn3)C2c2ccc(-c3ccc(C(=O)O)cc3)o2)c1. The van der Waals surface area contributed by atoms with Crippen LogP contribution in [0.2, 0.25) is 0 Å². The zero-order valence-corrected chi connectivity index (χ0v) is 19.0. The van der Waals surface area contributed by atoms with Gasteiger partial charge in [-0.15, -0.1) is 0 Å². The van der Waals surface area contributed by atoms with Gasteiger partial charge in [0.05, 0.1) is 24.4 Å². The molecule has 1 saturated heterocycles. The number of benzene rings is 2. The summed E-state index contributed by atoms with van der Waals surface area (Å²) in [4.78, 5) is 17.7. The third-order valence-electron chi connectivity index (χ3n) is 5.76. The molecule has 34 heavy (non-hydrogen) atoms. The number of furan rings is 1. The highest BCUT2D eigenvalue weighted by Gasteiger charge is 2.42. The van der Waals surface area contributed by atoms with Crippen molar-refractivity contribution in [3.63, 3.8) is 0 Å². The number of rotatable bonds is 6. The summed E-state index contributed by atoms with van der Waals surface area (Å²) in [5.74, 6) is 1.08. The van der Waals surface area contributed by atoms with Gasteiger partial charge in [0.2, 0.25) is 0 Å². The quantitative estimate of drug-likeness (QED) is 0.370. The van der Waals surface area contributed by atoms with E-state index in [1.54, 1.807) is 37.6 Å². The minimum atomic E-state index is -0.968. The van der Waals surface area contributed by atoms with Crippen LogP contribution in [-0.4, -0.2) is 28.3 Å². The number of anilines is 1. The lowest BCUT2D eigenvalue weighted by molar-refractivity contribution is 0.0697. The topological polar surface area (TPSA) is 87.8 Å². The summed E-state index contributed by atoms with van der Waals surface area (Å²) in [5.41, 5.74) is 2.71. The fourth-order valence-corrected chi connectivity index (χ4v) is 4.47. The molecule has 170 valence electrons. The molecular weight excluding hydrogens is 450 g/mol. The van der Waals surface area contributed by atoms with Crippen LogP contribution in [0.25, 0.3) is 11.3 Å². The number of nitrogens with one attached hydrogen (secondary N) is 1. The molecule has 2 aromatic carbocycles. The summed E-state index contributed by atoms with van der Waals surface area (Å²) in [6.07, 6.45) is 1.75. The molecule has 0 saturated carbocycles. The number of aromatic nitrogens is 1. The number of aromatic carboxylic acids is 1. The standard InChI is InChI=1S/C26H21N3O4S/c1-32-19-6-4-5-18(15-19)29-24(23(28-26(29)34)20-7-2-3-14-27-20)22-13-12-21(33-22)16-8-10-17(11-9-16)25(30)31/h2-15,23-24H,1H3,(H,28,34)(H,30,31). The maximum absolute atomic E-state index is 11.2. The van der Waals surface area contributed by atoms with Gasteiger partial charge in [0.1, 0.15) is 23.3 Å². The van der Waals surface area contributed by atoms with Crippen LogP contribution in [0.5, 0.6) is 5.75 Å². The van der Waals surface area contributed by atoms with Crippen LogP contribution in [0.15, 0.2) is 89.5 Å². The Labute approximate surface area is 201 Å². The molecule has 1 fully saturated rings. The van der Waals surface area contributed by atoms with Crippen LogP contribution >= 0.6 is 12.2 Å². The van der Waals surface area contributed by atoms with Gasteiger partial charge in [0.15, 0.2) is 5.11 Å². The van der Waals surface area contributed by atoms with Crippen molar-refractivity contribution in [1.29, 1.82) is 0 Å². The molecule has 0 spiro atoms. The molecular formula is C26H21N3O4S. The summed E-state index contributed by atoms with van der Waals surface area (Å²) < 4.78 is 11.7. The van der Waals surface area contributed by atoms with Gasteiger partial charge in [0.25, 0.3) is 0 Å². The fourth-order valence-electron chi connectivity index (χ4n) is 4.13. The third-order valence-corrected chi connectivity index (χ3v) is 6.08. The predicted molar refractivity (Wildman–Crippen MR) is 132 cm³/mol. The number of ether oxygens (including phenoxy) is 1. The summed E-state index contributed by atoms with van der Waals surface area (Å²) >= 11 is 5.74. The summed E-state index contributed by atoms with van der Waals surface area (Å²) in [7, 11) is 1.63. The molecule has 0 aliphatic carbocycles. The Hall–Kier alpha value is -4.17. The van der Waals surface area contributed by atoms with E-state index in [4.69, 9.17) is 26.5 Å². The normalized spacial score (nSPS) is 17.4. The average molecular weight is 472 g/mol. The second kappa shape index (κ2) is 8.99. The average Bonchev–Trinajstić information content (AvgIpc) is 3.49. The Morgan fingerprint density at radius 1 is 1.09 bits per heavy atom. The molecule has 4 aromatic rings. The maximum Gasteiger partial charge on any atom is 0.335 e. The smallest absolute Gasteiger partial charge is 0.335 e. The number of nitrogens with zero attached hydrogens (tertiary/aromatic N) is 2. The van der Waals surface area contributed by atoms with Crippen molar-refractivity contribution in [3.05, 3.63) is 102 Å². The van der Waals surface area contributed by atoms with Crippen molar-refractivity contribution >= 4 is 29.0 Å². The van der Waals surface area contributed by atoms with Crippen LogP contribution in [0.3, 0.4) is 0 Å². The third kappa shape index (κ3) is 3.99. The minimum Gasteiger partial charge on any atom is -0.497 e. The highest BCUT2D eigenvalue weighted by atomic mass is 32.1. The van der Waals surface area contributed by atoms with Gasteiger partial charge in [-0.3, -0.25) is 4.98 Å². The zero-order chi connectivity index (χ0) is 23.7. The van der Waals surface area contributed by atoms with Crippen LogP contribution in [0.1, 0.15) is 33.9 Å². The van der Waals surface area contributed by atoms with E-state index in [-0.39, 0.29) is 17.6 Å². The number of pyridine rings is 1. The van der Waals surface area contributed by atoms with E-state index in [9.17, 15) is 4.79 Å². The van der Waals surface area contributed by atoms with Crippen molar-refractivity contribution in [1.82, 2.24) is 10.3 Å². The van der Waals surface area contributed by atoms with Crippen molar-refractivity contribution in [2.75, 3.05) is 12.0 Å². The van der Waals surface area contributed by atoms with Gasteiger partial charge in [-0.25, -0.2) is 4.79 Å². The van der Waals surface area contributed by atoms with Gasteiger partial charge < -0.3 is 24.5 Å². The van der Waals surface area contributed by atoms with E-state index in [0.717, 1.165) is 22.7 Å². The molecule has 0 radical (unpaired) electrons. The van der Waals surface area contributed by atoms with Gasteiger partial charge in [-0.2, -0.15) is 0 Å². The number of hydrogen-bond acceptors (Lipinski definition) is 5. The lowest BCUT2D eigenvalue weighted by atomic mass is 10.0. The van der Waals surface area contributed by atoms with Crippen LogP contribution in [0.4, 0.5) is 5.69 Å². The molecule has 8 heteroatoms. The second-order valence-electron chi connectivity index (χ2n) is 7.78. The van der Waals surface area contributed by atoms with E-state index in [2.05, 4.69) is 10.3 Å². The number of methoxy groups -OCH3 is 1. The van der Waals surface area contributed by atoms with E-state index in [1.807, 2.05) is 59.5 Å².